The molecule has 2 aromatic rings. The van der Waals surface area contributed by atoms with Crippen LogP contribution in [0, 0.1) is 12.8 Å². The molecular formula is C24H34N4O2. The predicted molar refractivity (Wildman–Crippen MR) is 120 cm³/mol. The highest BCUT2D eigenvalue weighted by molar-refractivity contribution is 5.94. The SMILES string of the molecule is CCN(CC(=O)Nc1cc(C(C)(C)C)nn1-c1ccccc1C)C(=O)C1CCCC1. The number of benzene rings is 1. The van der Waals surface area contributed by atoms with Crippen LogP contribution < -0.4 is 5.32 Å². The van der Waals surface area contributed by atoms with E-state index in [0.29, 0.717) is 12.4 Å². The Morgan fingerprint density at radius 1 is 1.20 bits per heavy atom. The van der Waals surface area contributed by atoms with E-state index in [9.17, 15) is 9.59 Å². The lowest BCUT2D eigenvalue weighted by atomic mass is 9.92. The third-order valence-electron chi connectivity index (χ3n) is 5.82. The standard InChI is InChI=1S/C24H34N4O2/c1-6-27(23(30)18-12-8-9-13-18)16-22(29)25-21-15-20(24(3,4)5)26-28(21)19-14-10-7-11-17(19)2/h7,10-11,14-15,18H,6,8-9,12-13,16H2,1-5H3,(H,25,29). The molecule has 1 aromatic heterocycles. The minimum Gasteiger partial charge on any atom is -0.333 e. The molecule has 30 heavy (non-hydrogen) atoms. The molecule has 0 atom stereocenters. The van der Waals surface area contributed by atoms with E-state index in [4.69, 9.17) is 5.10 Å². The van der Waals surface area contributed by atoms with Crippen LogP contribution in [0.4, 0.5) is 5.82 Å². The molecule has 0 spiro atoms. The summed E-state index contributed by atoms with van der Waals surface area (Å²) in [6.07, 6.45) is 4.08. The molecule has 1 saturated carbocycles. The molecule has 1 aromatic carbocycles. The average molecular weight is 411 g/mol. The number of para-hydroxylation sites is 1. The fourth-order valence-corrected chi connectivity index (χ4v) is 3.95. The summed E-state index contributed by atoms with van der Waals surface area (Å²) in [7, 11) is 0. The first-order valence-electron chi connectivity index (χ1n) is 11.0. The van der Waals surface area contributed by atoms with Crippen molar-refractivity contribution in [2.24, 2.45) is 5.92 Å². The number of hydrogen-bond acceptors (Lipinski definition) is 3. The van der Waals surface area contributed by atoms with Crippen molar-refractivity contribution in [3.05, 3.63) is 41.6 Å². The monoisotopic (exact) mass is 410 g/mol. The number of rotatable bonds is 6. The fourth-order valence-electron chi connectivity index (χ4n) is 3.95. The Labute approximate surface area is 179 Å². The first-order valence-corrected chi connectivity index (χ1v) is 11.0. The van der Waals surface area contributed by atoms with Crippen molar-refractivity contribution in [1.82, 2.24) is 14.7 Å². The molecule has 0 radical (unpaired) electrons. The Hall–Kier alpha value is -2.63. The lowest BCUT2D eigenvalue weighted by Crippen LogP contribution is -2.40. The maximum atomic E-state index is 12.9. The highest BCUT2D eigenvalue weighted by Crippen LogP contribution is 2.28. The Morgan fingerprint density at radius 3 is 2.47 bits per heavy atom. The summed E-state index contributed by atoms with van der Waals surface area (Å²) < 4.78 is 1.79. The minimum absolute atomic E-state index is 0.0651. The van der Waals surface area contributed by atoms with Crippen LogP contribution >= 0.6 is 0 Å². The first-order chi connectivity index (χ1) is 14.2. The second-order valence-corrected chi connectivity index (χ2v) is 9.25. The highest BCUT2D eigenvalue weighted by atomic mass is 16.2. The summed E-state index contributed by atoms with van der Waals surface area (Å²) in [6.45, 7) is 10.9. The molecular weight excluding hydrogens is 376 g/mol. The van der Waals surface area contributed by atoms with Gasteiger partial charge in [-0.05, 0) is 38.3 Å². The van der Waals surface area contributed by atoms with Crippen LogP contribution in [0.1, 0.15) is 64.6 Å². The number of anilines is 1. The molecule has 0 saturated heterocycles. The van der Waals surface area contributed by atoms with Gasteiger partial charge >= 0.3 is 0 Å². The van der Waals surface area contributed by atoms with Gasteiger partial charge in [-0.1, -0.05) is 51.8 Å². The third-order valence-corrected chi connectivity index (χ3v) is 5.82. The minimum atomic E-state index is -0.196. The average Bonchev–Trinajstić information content (AvgIpc) is 3.36. The zero-order valence-electron chi connectivity index (χ0n) is 18.9. The quantitative estimate of drug-likeness (QED) is 0.765. The van der Waals surface area contributed by atoms with Gasteiger partial charge in [0.2, 0.25) is 11.8 Å². The lowest BCUT2D eigenvalue weighted by molar-refractivity contribution is -0.138. The van der Waals surface area contributed by atoms with Crippen LogP contribution in [-0.2, 0) is 15.0 Å². The number of nitrogens with zero attached hydrogens (tertiary/aromatic N) is 3. The Morgan fingerprint density at radius 2 is 1.87 bits per heavy atom. The maximum Gasteiger partial charge on any atom is 0.245 e. The van der Waals surface area contributed by atoms with Gasteiger partial charge in [-0.25, -0.2) is 4.68 Å². The van der Waals surface area contributed by atoms with Crippen LogP contribution in [0.5, 0.6) is 0 Å². The van der Waals surface area contributed by atoms with E-state index in [1.54, 1.807) is 9.58 Å². The van der Waals surface area contributed by atoms with Crippen molar-refractivity contribution in [1.29, 1.82) is 0 Å². The molecule has 2 amide bonds. The van der Waals surface area contributed by atoms with Gasteiger partial charge in [0, 0.05) is 23.9 Å². The first kappa shape index (κ1) is 22.1. The number of aryl methyl sites for hydroxylation is 1. The number of carbonyl (C=O) groups is 2. The van der Waals surface area contributed by atoms with Crippen molar-refractivity contribution in [2.75, 3.05) is 18.4 Å². The summed E-state index contributed by atoms with van der Waals surface area (Å²) in [5.41, 5.74) is 2.75. The summed E-state index contributed by atoms with van der Waals surface area (Å²) in [4.78, 5) is 27.3. The van der Waals surface area contributed by atoms with Gasteiger partial charge in [-0.3, -0.25) is 9.59 Å². The maximum absolute atomic E-state index is 12.9. The van der Waals surface area contributed by atoms with Crippen molar-refractivity contribution in [3.8, 4) is 5.69 Å². The molecule has 1 heterocycles. The third kappa shape index (κ3) is 4.91. The van der Waals surface area contributed by atoms with E-state index in [1.807, 2.05) is 44.2 Å². The van der Waals surface area contributed by atoms with Crippen molar-refractivity contribution in [2.45, 2.75) is 65.7 Å². The molecule has 1 N–H and O–H groups in total. The van der Waals surface area contributed by atoms with E-state index in [0.717, 1.165) is 42.6 Å². The Balaban J connectivity index is 1.82. The highest BCUT2D eigenvalue weighted by Gasteiger charge is 2.28. The van der Waals surface area contributed by atoms with Gasteiger partial charge in [0.1, 0.15) is 5.82 Å². The van der Waals surface area contributed by atoms with Gasteiger partial charge in [-0.2, -0.15) is 5.10 Å². The zero-order valence-corrected chi connectivity index (χ0v) is 18.9. The van der Waals surface area contributed by atoms with E-state index >= 15 is 0 Å². The fraction of sp³-hybridized carbons (Fsp3) is 0.542. The van der Waals surface area contributed by atoms with Gasteiger partial charge < -0.3 is 10.2 Å². The molecule has 6 nitrogen and oxygen atoms in total. The van der Waals surface area contributed by atoms with Gasteiger partial charge in [0.25, 0.3) is 0 Å². The molecule has 1 fully saturated rings. The van der Waals surface area contributed by atoms with Crippen LogP contribution in [0.15, 0.2) is 30.3 Å². The summed E-state index contributed by atoms with van der Waals surface area (Å²) in [5, 5.41) is 7.79. The number of likely N-dealkylation sites (N-methyl/N-ethyl adjacent to an activating group) is 1. The van der Waals surface area contributed by atoms with Crippen molar-refractivity contribution in [3.63, 3.8) is 0 Å². The number of carbonyl (C=O) groups excluding carboxylic acids is 2. The molecule has 0 unspecified atom stereocenters. The van der Waals surface area contributed by atoms with Gasteiger partial charge in [-0.15, -0.1) is 0 Å². The molecule has 1 aliphatic rings. The molecule has 1 aliphatic carbocycles. The number of hydrogen-bond donors (Lipinski definition) is 1. The number of nitrogens with one attached hydrogen (secondary N) is 1. The number of amides is 2. The second kappa shape index (κ2) is 9.02. The molecule has 3 rings (SSSR count). The normalized spacial score (nSPS) is 14.7. The summed E-state index contributed by atoms with van der Waals surface area (Å²) in [5.74, 6) is 0.609. The predicted octanol–water partition coefficient (Wildman–Crippen LogP) is 4.46. The molecule has 6 heteroatoms. The topological polar surface area (TPSA) is 67.2 Å². The van der Waals surface area contributed by atoms with Gasteiger partial charge in [0.05, 0.1) is 17.9 Å². The largest absolute Gasteiger partial charge is 0.333 e. The van der Waals surface area contributed by atoms with Crippen LogP contribution in [0.25, 0.3) is 5.69 Å². The van der Waals surface area contributed by atoms with E-state index in [1.165, 1.54) is 0 Å². The molecule has 0 aliphatic heterocycles. The smallest absolute Gasteiger partial charge is 0.245 e. The lowest BCUT2D eigenvalue weighted by Gasteiger charge is -2.23. The van der Waals surface area contributed by atoms with E-state index in [2.05, 4.69) is 26.1 Å². The van der Waals surface area contributed by atoms with Crippen LogP contribution in [-0.4, -0.2) is 39.6 Å². The Kier molecular flexibility index (Phi) is 6.64. The molecule has 162 valence electrons. The summed E-state index contributed by atoms with van der Waals surface area (Å²) >= 11 is 0. The number of aromatic nitrogens is 2. The zero-order chi connectivity index (χ0) is 21.9. The van der Waals surface area contributed by atoms with Crippen molar-refractivity contribution < 1.29 is 9.59 Å². The second-order valence-electron chi connectivity index (χ2n) is 9.25. The van der Waals surface area contributed by atoms with Gasteiger partial charge in [0.15, 0.2) is 0 Å². The summed E-state index contributed by atoms with van der Waals surface area (Å²) in [6, 6.07) is 9.90. The van der Waals surface area contributed by atoms with E-state index in [-0.39, 0.29) is 29.7 Å². The Bertz CT molecular complexity index is 904. The van der Waals surface area contributed by atoms with Crippen LogP contribution in [0.3, 0.4) is 0 Å². The molecule has 0 bridgehead atoms. The van der Waals surface area contributed by atoms with Crippen LogP contribution in [0.2, 0.25) is 0 Å². The van der Waals surface area contributed by atoms with E-state index < -0.39 is 0 Å². The van der Waals surface area contributed by atoms with Crippen molar-refractivity contribution >= 4 is 17.6 Å².